The van der Waals surface area contributed by atoms with Gasteiger partial charge in [0.15, 0.2) is 0 Å². The van der Waals surface area contributed by atoms with Crippen molar-refractivity contribution < 1.29 is 15.0 Å². The van der Waals surface area contributed by atoms with Crippen LogP contribution in [-0.2, 0) is 0 Å². The van der Waals surface area contributed by atoms with E-state index in [0.717, 1.165) is 20.9 Å². The van der Waals surface area contributed by atoms with Crippen molar-refractivity contribution in [3.8, 4) is 5.88 Å². The van der Waals surface area contributed by atoms with Gasteiger partial charge in [-0.3, -0.25) is 5.21 Å². The molecule has 3 nitrogen and oxygen atoms in total. The highest BCUT2D eigenvalue weighted by Gasteiger charge is 2.14. The average molecular weight is 212 g/mol. The largest absolute Gasteiger partial charge is 0.457 e. The molecule has 78 valence electrons. The number of aromatic nitrogens is 1. The van der Waals surface area contributed by atoms with Gasteiger partial charge in [-0.25, -0.2) is 0 Å². The van der Waals surface area contributed by atoms with Crippen molar-refractivity contribution in [3.63, 3.8) is 0 Å². The number of aromatic hydroxyl groups is 1. The standard InChI is InChI=1S/C13H9NO2/c15-13-6-5-11-7-9-3-1-2-4-10(9)8-12(11)14(13)16/h1-8,16H/p+1. The monoisotopic (exact) mass is 212 g/mol. The molecule has 0 unspecified atom stereocenters. The maximum Gasteiger partial charge on any atom is 0.415 e. The molecule has 3 rings (SSSR count). The highest BCUT2D eigenvalue weighted by molar-refractivity contribution is 5.95. The highest BCUT2D eigenvalue weighted by atomic mass is 16.5. The van der Waals surface area contributed by atoms with Crippen LogP contribution in [0, 0.1) is 0 Å². The van der Waals surface area contributed by atoms with Crippen LogP contribution in [-0.4, -0.2) is 10.3 Å². The molecule has 0 aliphatic rings. The third kappa shape index (κ3) is 1.18. The van der Waals surface area contributed by atoms with Crippen molar-refractivity contribution in [1.29, 1.82) is 0 Å². The Bertz CT molecular complexity index is 692. The first kappa shape index (κ1) is 8.97. The first-order chi connectivity index (χ1) is 7.75. The average Bonchev–Trinajstić information content (AvgIpc) is 2.32. The van der Waals surface area contributed by atoms with Crippen LogP contribution >= 0.6 is 0 Å². The minimum atomic E-state index is -0.164. The molecular formula is C13H10NO2+. The van der Waals surface area contributed by atoms with Crippen molar-refractivity contribution >= 4 is 21.7 Å². The number of benzene rings is 2. The normalized spacial score (nSPS) is 11.0. The van der Waals surface area contributed by atoms with Crippen LogP contribution in [0.25, 0.3) is 21.7 Å². The molecule has 0 saturated carbocycles. The van der Waals surface area contributed by atoms with E-state index in [1.54, 1.807) is 6.07 Å². The third-order valence-electron chi connectivity index (χ3n) is 2.75. The van der Waals surface area contributed by atoms with Crippen molar-refractivity contribution in [2.45, 2.75) is 0 Å². The van der Waals surface area contributed by atoms with E-state index in [0.29, 0.717) is 5.52 Å². The summed E-state index contributed by atoms with van der Waals surface area (Å²) in [5, 5.41) is 22.1. The van der Waals surface area contributed by atoms with Gasteiger partial charge in [0.05, 0.1) is 16.2 Å². The lowest BCUT2D eigenvalue weighted by Gasteiger charge is -1.99. The van der Waals surface area contributed by atoms with Crippen molar-refractivity contribution in [3.05, 3.63) is 48.5 Å². The molecule has 0 fully saturated rings. The molecule has 0 saturated heterocycles. The summed E-state index contributed by atoms with van der Waals surface area (Å²) in [6.07, 6.45) is 0. The number of rotatable bonds is 0. The van der Waals surface area contributed by atoms with Gasteiger partial charge in [0.25, 0.3) is 5.52 Å². The number of fused-ring (bicyclic) bond motifs is 2. The maximum absolute atomic E-state index is 9.68. The van der Waals surface area contributed by atoms with Crippen LogP contribution in [0.2, 0.25) is 0 Å². The topological polar surface area (TPSA) is 44.3 Å². The van der Waals surface area contributed by atoms with E-state index in [-0.39, 0.29) is 5.88 Å². The molecule has 3 heteroatoms. The zero-order valence-electron chi connectivity index (χ0n) is 8.46. The van der Waals surface area contributed by atoms with Gasteiger partial charge in [-0.2, -0.15) is 0 Å². The third-order valence-corrected chi connectivity index (χ3v) is 2.75. The molecule has 0 aliphatic carbocycles. The summed E-state index contributed by atoms with van der Waals surface area (Å²) < 4.78 is 0.793. The number of hydrogen-bond donors (Lipinski definition) is 2. The van der Waals surface area contributed by atoms with E-state index >= 15 is 0 Å². The van der Waals surface area contributed by atoms with Gasteiger partial charge in [0.2, 0.25) is 0 Å². The SMILES string of the molecule is Oc1ccc2cc3ccccc3cc2[n+]1O. The van der Waals surface area contributed by atoms with Crippen LogP contribution in [0.5, 0.6) is 5.88 Å². The second-order valence-electron chi connectivity index (χ2n) is 3.76. The minimum absolute atomic E-state index is 0.164. The number of nitrogens with zero attached hydrogens (tertiary/aromatic N) is 1. The summed E-state index contributed by atoms with van der Waals surface area (Å²) in [4.78, 5) is 0. The summed E-state index contributed by atoms with van der Waals surface area (Å²) in [5.74, 6) is -0.164. The van der Waals surface area contributed by atoms with Crippen LogP contribution in [0.3, 0.4) is 0 Å². The van der Waals surface area contributed by atoms with Crippen molar-refractivity contribution in [2.24, 2.45) is 0 Å². The highest BCUT2D eigenvalue weighted by Crippen LogP contribution is 2.21. The smallest absolute Gasteiger partial charge is 0.415 e. The molecule has 0 bridgehead atoms. The first-order valence-corrected chi connectivity index (χ1v) is 5.01. The maximum atomic E-state index is 9.68. The Balaban J connectivity index is 2.51. The fourth-order valence-corrected chi connectivity index (χ4v) is 1.92. The van der Waals surface area contributed by atoms with E-state index in [1.165, 1.54) is 6.07 Å². The van der Waals surface area contributed by atoms with Gasteiger partial charge in [-0.05, 0) is 22.9 Å². The molecule has 0 amide bonds. The van der Waals surface area contributed by atoms with Crippen LogP contribution in [0.15, 0.2) is 48.5 Å². The van der Waals surface area contributed by atoms with Crippen molar-refractivity contribution in [2.75, 3.05) is 0 Å². The predicted octanol–water partition coefficient (Wildman–Crippen LogP) is 2.22. The Morgan fingerprint density at radius 1 is 0.812 bits per heavy atom. The summed E-state index contributed by atoms with van der Waals surface area (Å²) in [5.41, 5.74) is 0.596. The zero-order chi connectivity index (χ0) is 11.1. The van der Waals surface area contributed by atoms with Gasteiger partial charge in [-0.1, -0.05) is 24.3 Å². The summed E-state index contributed by atoms with van der Waals surface area (Å²) >= 11 is 0. The van der Waals surface area contributed by atoms with Gasteiger partial charge >= 0.3 is 5.88 Å². The fourth-order valence-electron chi connectivity index (χ4n) is 1.92. The van der Waals surface area contributed by atoms with Crippen LogP contribution < -0.4 is 4.73 Å². The van der Waals surface area contributed by atoms with Gasteiger partial charge in [0.1, 0.15) is 0 Å². The van der Waals surface area contributed by atoms with Gasteiger partial charge in [0, 0.05) is 6.07 Å². The van der Waals surface area contributed by atoms with E-state index in [4.69, 9.17) is 0 Å². The van der Waals surface area contributed by atoms with E-state index in [9.17, 15) is 10.3 Å². The predicted molar refractivity (Wildman–Crippen MR) is 60.5 cm³/mol. The van der Waals surface area contributed by atoms with Crippen LogP contribution in [0.1, 0.15) is 0 Å². The number of hydrogen-bond acceptors (Lipinski definition) is 2. The molecule has 0 radical (unpaired) electrons. The molecule has 2 N–H and O–H groups in total. The Morgan fingerprint density at radius 3 is 2.25 bits per heavy atom. The Kier molecular flexibility index (Phi) is 1.74. The minimum Gasteiger partial charge on any atom is -0.457 e. The second kappa shape index (κ2) is 3.10. The molecular weight excluding hydrogens is 202 g/mol. The molecule has 0 spiro atoms. The van der Waals surface area contributed by atoms with E-state index in [1.807, 2.05) is 36.4 Å². The molecule has 16 heavy (non-hydrogen) atoms. The van der Waals surface area contributed by atoms with Gasteiger partial charge < -0.3 is 5.11 Å². The lowest BCUT2D eigenvalue weighted by atomic mass is 10.1. The van der Waals surface area contributed by atoms with E-state index in [2.05, 4.69) is 0 Å². The lowest BCUT2D eigenvalue weighted by molar-refractivity contribution is -0.887. The molecule has 3 aromatic rings. The summed E-state index contributed by atoms with van der Waals surface area (Å²) in [7, 11) is 0. The first-order valence-electron chi connectivity index (χ1n) is 5.01. The molecule has 1 heterocycles. The number of pyridine rings is 1. The van der Waals surface area contributed by atoms with Crippen molar-refractivity contribution in [1.82, 2.24) is 0 Å². The second-order valence-corrected chi connectivity index (χ2v) is 3.76. The molecule has 2 aromatic carbocycles. The Hall–Kier alpha value is -2.29. The quantitative estimate of drug-likeness (QED) is 0.341. The lowest BCUT2D eigenvalue weighted by Crippen LogP contribution is -2.30. The summed E-state index contributed by atoms with van der Waals surface area (Å²) in [6, 6.07) is 15.0. The van der Waals surface area contributed by atoms with Gasteiger partial charge in [-0.15, -0.1) is 0 Å². The van der Waals surface area contributed by atoms with Crippen LogP contribution in [0.4, 0.5) is 0 Å². The Morgan fingerprint density at radius 2 is 1.50 bits per heavy atom. The zero-order valence-corrected chi connectivity index (χ0v) is 8.46. The van der Waals surface area contributed by atoms with E-state index < -0.39 is 0 Å². The molecule has 0 aliphatic heterocycles. The Labute approximate surface area is 91.8 Å². The fraction of sp³-hybridized carbons (Fsp3) is 0. The summed E-state index contributed by atoms with van der Waals surface area (Å²) in [6.45, 7) is 0. The molecule has 1 aromatic heterocycles. The molecule has 0 atom stereocenters.